The van der Waals surface area contributed by atoms with Crippen LogP contribution < -0.4 is 0 Å². The number of carbonyl (C=O) groups is 3. The van der Waals surface area contributed by atoms with Crippen molar-refractivity contribution in [2.45, 2.75) is 181 Å². The number of esters is 3. The predicted molar refractivity (Wildman–Crippen MR) is 269 cm³/mol. The molecule has 0 amide bonds. The second-order valence-corrected chi connectivity index (χ2v) is 15.4. The number of hydrogen-bond acceptors (Lipinski definition) is 6. The highest BCUT2D eigenvalue weighted by atomic mass is 16.6. The Morgan fingerprint density at radius 3 is 1.13 bits per heavy atom. The Bertz CT molecular complexity index is 1460. The highest BCUT2D eigenvalue weighted by Crippen LogP contribution is 2.12. The molecule has 0 N–H and O–H groups in total. The molecule has 0 aromatic carbocycles. The third-order valence-corrected chi connectivity index (χ3v) is 9.48. The van der Waals surface area contributed by atoms with E-state index in [1.54, 1.807) is 0 Å². The van der Waals surface area contributed by atoms with E-state index in [-0.39, 0.29) is 44.0 Å². The molecule has 0 saturated heterocycles. The van der Waals surface area contributed by atoms with Crippen LogP contribution in [-0.4, -0.2) is 37.2 Å². The molecule has 0 radical (unpaired) electrons. The second kappa shape index (κ2) is 49.9. The molecule has 0 fully saturated rings. The summed E-state index contributed by atoms with van der Waals surface area (Å²) in [6, 6.07) is 0. The van der Waals surface area contributed by atoms with Crippen LogP contribution in [0.15, 0.2) is 146 Å². The number of unbranched alkanes of at least 4 members (excludes halogenated alkanes) is 11. The molecule has 0 aromatic rings. The first-order valence-electron chi connectivity index (χ1n) is 24.4. The normalized spacial score (nSPS) is 13.4. The number of carbonyl (C=O) groups excluding carboxylic acids is 3. The van der Waals surface area contributed by atoms with Crippen LogP contribution in [0.25, 0.3) is 0 Å². The smallest absolute Gasteiger partial charge is 0.306 e. The van der Waals surface area contributed by atoms with Crippen LogP contribution in [-0.2, 0) is 28.6 Å². The van der Waals surface area contributed by atoms with E-state index in [1.165, 1.54) is 0 Å². The Morgan fingerprint density at radius 1 is 0.333 bits per heavy atom. The Balaban J connectivity index is 4.59. The Labute approximate surface area is 385 Å². The first-order chi connectivity index (χ1) is 31.0. The van der Waals surface area contributed by atoms with Gasteiger partial charge in [-0.2, -0.15) is 0 Å². The summed E-state index contributed by atoms with van der Waals surface area (Å²) in [5, 5.41) is 0. The van der Waals surface area contributed by atoms with Crippen LogP contribution in [0.5, 0.6) is 0 Å². The molecule has 0 aliphatic carbocycles. The van der Waals surface area contributed by atoms with Crippen LogP contribution >= 0.6 is 0 Å². The van der Waals surface area contributed by atoms with Crippen molar-refractivity contribution >= 4 is 17.9 Å². The largest absolute Gasteiger partial charge is 0.462 e. The zero-order valence-electron chi connectivity index (χ0n) is 39.8. The molecule has 6 heteroatoms. The maximum atomic E-state index is 12.8. The van der Waals surface area contributed by atoms with Crippen molar-refractivity contribution in [3.05, 3.63) is 146 Å². The highest BCUT2D eigenvalue weighted by molar-refractivity contribution is 5.71. The van der Waals surface area contributed by atoms with Crippen molar-refractivity contribution in [2.75, 3.05) is 13.2 Å². The van der Waals surface area contributed by atoms with Crippen molar-refractivity contribution in [2.24, 2.45) is 0 Å². The number of hydrogen-bond donors (Lipinski definition) is 0. The quantitative estimate of drug-likeness (QED) is 0.0200. The summed E-state index contributed by atoms with van der Waals surface area (Å²) in [4.78, 5) is 37.9. The molecule has 1 atom stereocenters. The van der Waals surface area contributed by atoms with Crippen LogP contribution in [0.4, 0.5) is 0 Å². The molecule has 6 nitrogen and oxygen atoms in total. The summed E-state index contributed by atoms with van der Waals surface area (Å²) in [5.74, 6) is -1.04. The van der Waals surface area contributed by atoms with Crippen molar-refractivity contribution in [1.29, 1.82) is 0 Å². The molecule has 0 heterocycles. The van der Waals surface area contributed by atoms with E-state index in [0.29, 0.717) is 12.8 Å². The number of rotatable bonds is 41. The van der Waals surface area contributed by atoms with Gasteiger partial charge < -0.3 is 14.2 Å². The minimum atomic E-state index is -0.828. The van der Waals surface area contributed by atoms with Gasteiger partial charge in [-0.05, 0) is 96.3 Å². The summed E-state index contributed by atoms with van der Waals surface area (Å²) < 4.78 is 16.7. The number of ether oxygens (including phenoxy) is 3. The molecule has 0 saturated carbocycles. The van der Waals surface area contributed by atoms with Crippen molar-refractivity contribution in [1.82, 2.24) is 0 Å². The van der Waals surface area contributed by atoms with Crippen LogP contribution in [0.2, 0.25) is 0 Å². The molecule has 0 bridgehead atoms. The zero-order valence-corrected chi connectivity index (χ0v) is 39.8. The molecule has 0 spiro atoms. The van der Waals surface area contributed by atoms with Gasteiger partial charge in [0.1, 0.15) is 13.2 Å². The highest BCUT2D eigenvalue weighted by Gasteiger charge is 2.19. The van der Waals surface area contributed by atoms with Gasteiger partial charge in [-0.25, -0.2) is 0 Å². The first kappa shape index (κ1) is 58.3. The molecule has 0 rings (SSSR count). The van der Waals surface area contributed by atoms with E-state index in [0.717, 1.165) is 128 Å². The standard InChI is InChI=1S/C57H86O6/c1-4-7-10-13-16-19-22-25-27-28-30-32-35-38-41-44-47-50-56(59)62-53-54(52-61-55(58)49-46-43-40-37-34-31-24-21-18-15-12-9-6-3)63-57(60)51-48-45-42-39-36-33-29-26-23-20-17-14-11-8-5-2/h7-12,14-21,23-27,29-30,32,38,41,54H,4-6,13,22,28,31,33-37,39-40,42-53H2,1-3H3/b10-7-,11-8-,12-9-,17-14-,18-15-,19-16-,23-20-,24-21-,27-25-,29-26-,32-30-,41-38-. The van der Waals surface area contributed by atoms with Gasteiger partial charge in [-0.15, -0.1) is 0 Å². The summed E-state index contributed by atoms with van der Waals surface area (Å²) in [6.45, 7) is 6.13. The molecule has 0 aliphatic rings. The summed E-state index contributed by atoms with van der Waals surface area (Å²) in [5.41, 5.74) is 0. The van der Waals surface area contributed by atoms with Gasteiger partial charge in [0.2, 0.25) is 0 Å². The van der Waals surface area contributed by atoms with Crippen molar-refractivity contribution in [3.63, 3.8) is 0 Å². The predicted octanol–water partition coefficient (Wildman–Crippen LogP) is 16.1. The van der Waals surface area contributed by atoms with Crippen LogP contribution in [0.3, 0.4) is 0 Å². The summed E-state index contributed by atoms with van der Waals surface area (Å²) >= 11 is 0. The molecule has 1 unspecified atom stereocenters. The summed E-state index contributed by atoms with van der Waals surface area (Å²) in [7, 11) is 0. The van der Waals surface area contributed by atoms with Gasteiger partial charge in [-0.1, -0.05) is 205 Å². The fourth-order valence-corrected chi connectivity index (χ4v) is 5.90. The van der Waals surface area contributed by atoms with Gasteiger partial charge in [-0.3, -0.25) is 14.4 Å². The molecular formula is C57H86O6. The number of allylic oxidation sites excluding steroid dienone is 24. The lowest BCUT2D eigenvalue weighted by Crippen LogP contribution is -2.30. The van der Waals surface area contributed by atoms with Crippen molar-refractivity contribution < 1.29 is 28.6 Å². The van der Waals surface area contributed by atoms with Gasteiger partial charge in [0.15, 0.2) is 6.10 Å². The maximum Gasteiger partial charge on any atom is 0.306 e. The minimum absolute atomic E-state index is 0.123. The van der Waals surface area contributed by atoms with E-state index in [1.807, 2.05) is 30.4 Å². The minimum Gasteiger partial charge on any atom is -0.462 e. The fraction of sp³-hybridized carbons (Fsp3) is 0.526. The van der Waals surface area contributed by atoms with E-state index in [4.69, 9.17) is 14.2 Å². The van der Waals surface area contributed by atoms with Gasteiger partial charge in [0, 0.05) is 19.3 Å². The molecule has 0 aromatic heterocycles. The van der Waals surface area contributed by atoms with E-state index >= 15 is 0 Å². The van der Waals surface area contributed by atoms with Crippen molar-refractivity contribution in [3.8, 4) is 0 Å². The lowest BCUT2D eigenvalue weighted by atomic mass is 10.1. The van der Waals surface area contributed by atoms with Crippen LogP contribution in [0.1, 0.15) is 175 Å². The lowest BCUT2D eigenvalue weighted by Gasteiger charge is -2.18. The van der Waals surface area contributed by atoms with Gasteiger partial charge in [0.25, 0.3) is 0 Å². The topological polar surface area (TPSA) is 78.9 Å². The maximum absolute atomic E-state index is 12.8. The van der Waals surface area contributed by atoms with E-state index in [9.17, 15) is 14.4 Å². The SMILES string of the molecule is CC\C=C/C=C\C=C/C=C\CCCCCCCC(=O)OC(COC(=O)CCC/C=C\C/C=C\C/C=C\C/C=C\C/C=C\CC)COC(=O)CCCCCCC\C=C/C=C\C=C/CC. The monoisotopic (exact) mass is 867 g/mol. The van der Waals surface area contributed by atoms with Crippen LogP contribution in [0, 0.1) is 0 Å². The molecular weight excluding hydrogens is 781 g/mol. The fourth-order valence-electron chi connectivity index (χ4n) is 5.90. The Kier molecular flexibility index (Phi) is 46.2. The average Bonchev–Trinajstić information content (AvgIpc) is 3.28. The third kappa shape index (κ3) is 48.2. The molecule has 0 aliphatic heterocycles. The lowest BCUT2D eigenvalue weighted by molar-refractivity contribution is -0.167. The van der Waals surface area contributed by atoms with E-state index in [2.05, 4.69) is 136 Å². The zero-order chi connectivity index (χ0) is 45.8. The van der Waals surface area contributed by atoms with E-state index < -0.39 is 6.10 Å². The third-order valence-electron chi connectivity index (χ3n) is 9.48. The molecule has 63 heavy (non-hydrogen) atoms. The Hall–Kier alpha value is -4.71. The first-order valence-corrected chi connectivity index (χ1v) is 24.4. The van der Waals surface area contributed by atoms with Gasteiger partial charge >= 0.3 is 17.9 Å². The second-order valence-electron chi connectivity index (χ2n) is 15.4. The summed E-state index contributed by atoms with van der Waals surface area (Å²) in [6.07, 6.45) is 71.2. The Morgan fingerprint density at radius 2 is 0.667 bits per heavy atom. The van der Waals surface area contributed by atoms with Gasteiger partial charge in [0.05, 0.1) is 0 Å². The molecule has 350 valence electrons. The average molecular weight is 867 g/mol.